The van der Waals surface area contributed by atoms with Gasteiger partial charge in [0.2, 0.25) is 5.91 Å². The van der Waals surface area contributed by atoms with Crippen LogP contribution >= 0.6 is 23.4 Å². The molecule has 36 heavy (non-hydrogen) atoms. The minimum atomic E-state index is -0.332. The van der Waals surface area contributed by atoms with E-state index in [1.54, 1.807) is 24.3 Å². The van der Waals surface area contributed by atoms with Crippen LogP contribution in [-0.2, 0) is 11.8 Å². The zero-order valence-electron chi connectivity index (χ0n) is 20.7. The molecule has 3 aromatic rings. The van der Waals surface area contributed by atoms with Gasteiger partial charge in [0.1, 0.15) is 0 Å². The molecule has 0 unspecified atom stereocenters. The zero-order chi connectivity index (χ0) is 25.7. The maximum Gasteiger partial charge on any atom is 0.251 e. The number of benzene rings is 2. The van der Waals surface area contributed by atoms with E-state index in [2.05, 4.69) is 32.5 Å². The van der Waals surface area contributed by atoms with Gasteiger partial charge in [0.15, 0.2) is 11.0 Å². The molecule has 1 saturated heterocycles. The Kier molecular flexibility index (Phi) is 8.53. The summed E-state index contributed by atoms with van der Waals surface area (Å²) >= 11 is 7.31. The lowest BCUT2D eigenvalue weighted by molar-refractivity contribution is -0.128. The Morgan fingerprint density at radius 1 is 1.00 bits per heavy atom. The maximum absolute atomic E-state index is 12.9. The normalized spacial score (nSPS) is 14.7. The van der Waals surface area contributed by atoms with Gasteiger partial charge < -0.3 is 19.7 Å². The van der Waals surface area contributed by atoms with Crippen molar-refractivity contribution in [2.75, 3.05) is 36.8 Å². The SMILES string of the molecule is CC(C)[C@@H](NC(=O)c1ccc(Cl)cc1)c1nnc(SCC(=O)N2CCN(c3ccccc3)CC2)n1C. The molecular formula is C26H31ClN6O2S. The molecule has 8 nitrogen and oxygen atoms in total. The van der Waals surface area contributed by atoms with E-state index < -0.39 is 0 Å². The molecule has 0 radical (unpaired) electrons. The van der Waals surface area contributed by atoms with Crippen LogP contribution in [-0.4, -0.2) is 63.4 Å². The van der Waals surface area contributed by atoms with Gasteiger partial charge in [-0.25, -0.2) is 0 Å². The van der Waals surface area contributed by atoms with Gasteiger partial charge in [-0.3, -0.25) is 9.59 Å². The second-order valence-corrected chi connectivity index (χ2v) is 10.5. The Hall–Kier alpha value is -3.04. The first-order valence-corrected chi connectivity index (χ1v) is 13.4. The summed E-state index contributed by atoms with van der Waals surface area (Å²) in [6, 6.07) is 16.7. The van der Waals surface area contributed by atoms with Crippen LogP contribution in [0.3, 0.4) is 0 Å². The Morgan fingerprint density at radius 2 is 1.67 bits per heavy atom. The fourth-order valence-corrected chi connectivity index (χ4v) is 5.10. The third-order valence-electron chi connectivity index (χ3n) is 6.28. The highest BCUT2D eigenvalue weighted by atomic mass is 35.5. The molecule has 4 rings (SSSR count). The molecule has 1 aromatic heterocycles. The predicted octanol–water partition coefficient (Wildman–Crippen LogP) is 4.04. The molecule has 2 amide bonds. The number of aromatic nitrogens is 3. The summed E-state index contributed by atoms with van der Waals surface area (Å²) in [7, 11) is 1.87. The van der Waals surface area contributed by atoms with Gasteiger partial charge in [0.05, 0.1) is 11.8 Å². The molecule has 1 fully saturated rings. The van der Waals surface area contributed by atoms with Gasteiger partial charge in [0.25, 0.3) is 5.91 Å². The van der Waals surface area contributed by atoms with Crippen molar-refractivity contribution in [3.8, 4) is 0 Å². The number of thioether (sulfide) groups is 1. The molecule has 1 aliphatic heterocycles. The highest BCUT2D eigenvalue weighted by Gasteiger charge is 2.26. The first kappa shape index (κ1) is 26.0. The zero-order valence-corrected chi connectivity index (χ0v) is 22.3. The minimum absolute atomic E-state index is 0.0875. The van der Waals surface area contributed by atoms with Gasteiger partial charge in [-0.2, -0.15) is 0 Å². The molecule has 2 heterocycles. The van der Waals surface area contributed by atoms with Gasteiger partial charge in [0, 0.05) is 49.5 Å². The van der Waals surface area contributed by atoms with Crippen molar-refractivity contribution in [2.24, 2.45) is 13.0 Å². The summed E-state index contributed by atoms with van der Waals surface area (Å²) in [5, 5.41) is 13.0. The Labute approximate surface area is 221 Å². The van der Waals surface area contributed by atoms with Crippen molar-refractivity contribution < 1.29 is 9.59 Å². The summed E-state index contributed by atoms with van der Waals surface area (Å²) in [6.07, 6.45) is 0. The van der Waals surface area contributed by atoms with Gasteiger partial charge in [-0.1, -0.05) is 55.4 Å². The van der Waals surface area contributed by atoms with Crippen LogP contribution in [0, 0.1) is 5.92 Å². The number of halogens is 1. The van der Waals surface area contributed by atoms with E-state index >= 15 is 0 Å². The number of carbonyl (C=O) groups is 2. The number of carbonyl (C=O) groups excluding carboxylic acids is 2. The van der Waals surface area contributed by atoms with E-state index in [1.807, 2.05) is 48.6 Å². The van der Waals surface area contributed by atoms with E-state index in [0.29, 0.717) is 40.4 Å². The van der Waals surface area contributed by atoms with E-state index in [9.17, 15) is 9.59 Å². The summed E-state index contributed by atoms with van der Waals surface area (Å²) in [6.45, 7) is 7.07. The topological polar surface area (TPSA) is 83.4 Å². The van der Waals surface area contributed by atoms with E-state index in [1.165, 1.54) is 17.4 Å². The Morgan fingerprint density at radius 3 is 2.31 bits per heavy atom. The number of hydrogen-bond donors (Lipinski definition) is 1. The predicted molar refractivity (Wildman–Crippen MR) is 143 cm³/mol. The molecule has 1 aliphatic rings. The monoisotopic (exact) mass is 526 g/mol. The standard InChI is InChI=1S/C26H31ClN6O2S/c1-18(2)23(28-25(35)19-9-11-20(27)12-10-19)24-29-30-26(31(24)3)36-17-22(34)33-15-13-32(14-16-33)21-7-5-4-6-8-21/h4-12,18,23H,13-17H2,1-3H3,(H,28,35)/t23-/m1/s1. The second kappa shape index (κ2) is 11.8. The van der Waals surface area contributed by atoms with Crippen molar-refractivity contribution in [1.82, 2.24) is 25.0 Å². The average Bonchev–Trinajstić information content (AvgIpc) is 3.26. The average molecular weight is 527 g/mol. The lowest BCUT2D eigenvalue weighted by atomic mass is 10.0. The van der Waals surface area contributed by atoms with Crippen molar-refractivity contribution in [1.29, 1.82) is 0 Å². The largest absolute Gasteiger partial charge is 0.368 e. The van der Waals surface area contributed by atoms with Crippen LogP contribution in [0.15, 0.2) is 59.8 Å². The molecular weight excluding hydrogens is 496 g/mol. The van der Waals surface area contributed by atoms with Crippen LogP contribution in [0.25, 0.3) is 0 Å². The third kappa shape index (κ3) is 6.20. The lowest BCUT2D eigenvalue weighted by Gasteiger charge is -2.36. The maximum atomic E-state index is 12.9. The van der Waals surface area contributed by atoms with Crippen LogP contribution in [0.2, 0.25) is 5.02 Å². The molecule has 0 spiro atoms. The number of amides is 2. The first-order valence-electron chi connectivity index (χ1n) is 12.0. The molecule has 0 aliphatic carbocycles. The van der Waals surface area contributed by atoms with Crippen LogP contribution in [0.1, 0.15) is 36.1 Å². The summed E-state index contributed by atoms with van der Waals surface area (Å²) in [4.78, 5) is 29.9. The highest BCUT2D eigenvalue weighted by Crippen LogP contribution is 2.25. The summed E-state index contributed by atoms with van der Waals surface area (Å²) in [5.74, 6) is 0.922. The molecule has 1 atom stereocenters. The van der Waals surface area contributed by atoms with Gasteiger partial charge in [-0.15, -0.1) is 10.2 Å². The van der Waals surface area contributed by atoms with Gasteiger partial charge >= 0.3 is 0 Å². The van der Waals surface area contributed by atoms with E-state index in [-0.39, 0.29) is 23.8 Å². The van der Waals surface area contributed by atoms with Crippen molar-refractivity contribution >= 4 is 40.9 Å². The number of piperazine rings is 1. The summed E-state index contributed by atoms with van der Waals surface area (Å²) < 4.78 is 1.86. The van der Waals surface area contributed by atoms with Crippen LogP contribution < -0.4 is 10.2 Å². The smallest absolute Gasteiger partial charge is 0.251 e. The molecule has 10 heteroatoms. The van der Waals surface area contributed by atoms with Crippen molar-refractivity contribution in [3.05, 3.63) is 71.0 Å². The minimum Gasteiger partial charge on any atom is -0.368 e. The van der Waals surface area contributed by atoms with E-state index in [0.717, 1.165) is 13.1 Å². The molecule has 0 bridgehead atoms. The highest BCUT2D eigenvalue weighted by molar-refractivity contribution is 7.99. The number of nitrogens with zero attached hydrogens (tertiary/aromatic N) is 5. The molecule has 2 aromatic carbocycles. The number of para-hydroxylation sites is 1. The molecule has 0 saturated carbocycles. The fraction of sp³-hybridized carbons (Fsp3) is 0.385. The van der Waals surface area contributed by atoms with Crippen molar-refractivity contribution in [3.63, 3.8) is 0 Å². The first-order chi connectivity index (χ1) is 17.3. The second-order valence-electron chi connectivity index (χ2n) is 9.09. The number of hydrogen-bond acceptors (Lipinski definition) is 6. The number of rotatable bonds is 8. The lowest BCUT2D eigenvalue weighted by Crippen LogP contribution is -2.49. The Balaban J connectivity index is 1.34. The summed E-state index contributed by atoms with van der Waals surface area (Å²) in [5.41, 5.74) is 1.72. The molecule has 1 N–H and O–H groups in total. The fourth-order valence-electron chi connectivity index (χ4n) is 4.15. The van der Waals surface area contributed by atoms with Gasteiger partial charge in [-0.05, 0) is 42.3 Å². The van der Waals surface area contributed by atoms with Crippen LogP contribution in [0.5, 0.6) is 0 Å². The quantitative estimate of drug-likeness (QED) is 0.446. The van der Waals surface area contributed by atoms with E-state index in [4.69, 9.17) is 11.6 Å². The van der Waals surface area contributed by atoms with Crippen LogP contribution in [0.4, 0.5) is 5.69 Å². The molecule has 190 valence electrons. The number of anilines is 1. The van der Waals surface area contributed by atoms with Crippen molar-refractivity contribution in [2.45, 2.75) is 25.0 Å². The number of nitrogens with one attached hydrogen (secondary N) is 1. The third-order valence-corrected chi connectivity index (χ3v) is 7.54. The Bertz CT molecular complexity index is 1180.